The van der Waals surface area contributed by atoms with E-state index in [-0.39, 0.29) is 0 Å². The average Bonchev–Trinajstić information content (AvgIpc) is 1.35. The van der Waals surface area contributed by atoms with Gasteiger partial charge in [-0.1, -0.05) is 6.92 Å². The highest BCUT2D eigenvalue weighted by atomic mass is 16.3. The summed E-state index contributed by atoms with van der Waals surface area (Å²) in [6, 6.07) is 0. The fourth-order valence-corrected chi connectivity index (χ4v) is 0. The molecule has 0 aromatic rings. The molecule has 0 heterocycles. The molecule has 0 unspecified atom stereocenters. The predicted octanol–water partition coefficient (Wildman–Crippen LogP) is 1.17. The summed E-state index contributed by atoms with van der Waals surface area (Å²) in [6.07, 6.45) is 0.826. The summed E-state index contributed by atoms with van der Waals surface area (Å²) in [5, 5.41) is 8.83. The second kappa shape index (κ2) is 1.61. The first-order valence-electron chi connectivity index (χ1n) is 2.28. The van der Waals surface area contributed by atoms with Crippen LogP contribution in [0.1, 0.15) is 27.2 Å². The smallest absolute Gasteiger partial charge is 0.0589 e. The normalized spacial score (nSPS) is 12.0. The monoisotopic (exact) mass is 90.1 g/mol. The van der Waals surface area contributed by atoms with Gasteiger partial charge < -0.3 is 5.11 Å². The van der Waals surface area contributed by atoms with Gasteiger partial charge in [-0.2, -0.15) is 0 Å². The average molecular weight is 90.1 g/mol. The van der Waals surface area contributed by atoms with Crippen molar-refractivity contribution in [2.24, 2.45) is 0 Å². The maximum Gasteiger partial charge on any atom is 0.0589 e. The topological polar surface area (TPSA) is 20.2 Å². The third-order valence-corrected chi connectivity index (χ3v) is 0.865. The van der Waals surface area contributed by atoms with E-state index in [0.29, 0.717) is 0 Å². The Morgan fingerprint density at radius 3 is 1.67 bits per heavy atom. The van der Waals surface area contributed by atoms with Gasteiger partial charge in [0.05, 0.1) is 5.60 Å². The van der Waals surface area contributed by atoms with E-state index in [9.17, 15) is 0 Å². The third kappa shape index (κ3) is 3.96. The van der Waals surface area contributed by atoms with Gasteiger partial charge in [0.1, 0.15) is 0 Å². The first-order chi connectivity index (χ1) is 2.56. The Morgan fingerprint density at radius 1 is 1.50 bits per heavy atom. The number of hydrogen-bond donors (Lipinski definition) is 1. The number of rotatable bonds is 1. The zero-order valence-electron chi connectivity index (χ0n) is 4.65. The first kappa shape index (κ1) is 5.96. The molecule has 0 rings (SSSR count). The Kier molecular flexibility index (Phi) is 1.59. The van der Waals surface area contributed by atoms with E-state index in [0.717, 1.165) is 6.42 Å². The van der Waals surface area contributed by atoms with Crippen molar-refractivity contribution in [3.05, 3.63) is 0 Å². The molecule has 1 N–H and O–H groups in total. The molecule has 0 radical (unpaired) electrons. The van der Waals surface area contributed by atoms with E-state index in [1.165, 1.54) is 0 Å². The van der Waals surface area contributed by atoms with Crippen LogP contribution in [0.25, 0.3) is 0 Å². The highest BCUT2D eigenvalue weighted by molar-refractivity contribution is 4.59. The van der Waals surface area contributed by atoms with E-state index in [2.05, 4.69) is 0 Å². The van der Waals surface area contributed by atoms with Crippen molar-refractivity contribution in [2.75, 3.05) is 0 Å². The quantitative estimate of drug-likeness (QED) is 0.479. The molecule has 0 aromatic carbocycles. The van der Waals surface area contributed by atoms with Crippen LogP contribution in [0.3, 0.4) is 0 Å². The molecule has 0 aliphatic heterocycles. The van der Waals surface area contributed by atoms with Crippen molar-refractivity contribution in [2.45, 2.75) is 32.8 Å². The van der Waals surface area contributed by atoms with Crippen LogP contribution in [0.15, 0.2) is 0 Å². The highest BCUT2D eigenvalue weighted by Crippen LogP contribution is 2.03. The Hall–Kier alpha value is -0.0400. The van der Waals surface area contributed by atoms with Crippen LogP contribution in [0.5, 0.6) is 0 Å². The second-order valence-corrected chi connectivity index (χ2v) is 2.17. The van der Waals surface area contributed by atoms with Crippen molar-refractivity contribution < 1.29 is 5.11 Å². The summed E-state index contributed by atoms with van der Waals surface area (Å²) < 4.78 is 0. The van der Waals surface area contributed by atoms with E-state index < -0.39 is 5.60 Å². The minimum Gasteiger partial charge on any atom is -0.390 e. The van der Waals surface area contributed by atoms with E-state index >= 15 is 0 Å². The highest BCUT2D eigenvalue weighted by Gasteiger charge is 2.05. The second-order valence-electron chi connectivity index (χ2n) is 2.17. The van der Waals surface area contributed by atoms with E-state index in [4.69, 9.17) is 5.11 Å². The fraction of sp³-hybridized carbons (Fsp3) is 1.00. The lowest BCUT2D eigenvalue weighted by Gasteiger charge is -2.11. The van der Waals surface area contributed by atoms with Gasteiger partial charge in [-0.15, -0.1) is 0 Å². The van der Waals surface area contributed by atoms with Crippen LogP contribution < -0.4 is 0 Å². The molecule has 1 heteroatoms. The Morgan fingerprint density at radius 2 is 1.67 bits per heavy atom. The Balaban J connectivity index is 3.17. The Bertz CT molecular complexity index is 33.7. The zero-order chi connectivity index (χ0) is 5.21. The predicted molar refractivity (Wildman–Crippen MR) is 26.6 cm³/mol. The van der Waals surface area contributed by atoms with Crippen molar-refractivity contribution in [3.8, 4) is 0 Å². The van der Waals surface area contributed by atoms with Crippen LogP contribution in [0, 0.1) is 0 Å². The molecule has 0 bridgehead atoms. The van der Waals surface area contributed by atoms with E-state index in [1.807, 2.05) is 6.92 Å². The molecule has 6 heavy (non-hydrogen) atoms. The summed E-state index contributed by atoms with van der Waals surface area (Å²) in [5.41, 5.74) is -0.458. The van der Waals surface area contributed by atoms with Crippen LogP contribution in [0.4, 0.5) is 0 Å². The summed E-state index contributed by atoms with van der Waals surface area (Å²) in [7, 11) is 0. The maximum atomic E-state index is 8.83. The lowest BCUT2D eigenvalue weighted by atomic mass is 10.3. The lowest BCUT2D eigenvalue weighted by Crippen LogP contribution is -2.15. The molecule has 0 saturated carbocycles. The van der Waals surface area contributed by atoms with Gasteiger partial charge in [-0.05, 0) is 20.3 Å². The van der Waals surface area contributed by atoms with Gasteiger partial charge in [0, 0.05) is 0 Å². The van der Waals surface area contributed by atoms with Crippen LogP contribution in [0.2, 0.25) is 0 Å². The third-order valence-electron chi connectivity index (χ3n) is 0.865. The fourth-order valence-electron chi connectivity index (χ4n) is 0. The SMILES string of the molecule is CCC([13CH3])([13CH3])O. The van der Waals surface area contributed by atoms with Crippen LogP contribution >= 0.6 is 0 Å². The first-order valence-corrected chi connectivity index (χ1v) is 2.28. The summed E-state index contributed by atoms with van der Waals surface area (Å²) in [5.74, 6) is 0. The lowest BCUT2D eigenvalue weighted by molar-refractivity contribution is 0.0765. The van der Waals surface area contributed by atoms with Gasteiger partial charge in [0.15, 0.2) is 0 Å². The largest absolute Gasteiger partial charge is 0.390 e. The molecule has 0 aliphatic rings. The van der Waals surface area contributed by atoms with Crippen molar-refractivity contribution >= 4 is 0 Å². The molecule has 0 spiro atoms. The van der Waals surface area contributed by atoms with Gasteiger partial charge >= 0.3 is 0 Å². The maximum absolute atomic E-state index is 8.83. The van der Waals surface area contributed by atoms with Crippen molar-refractivity contribution in [1.82, 2.24) is 0 Å². The Labute approximate surface area is 39.0 Å². The summed E-state index contributed by atoms with van der Waals surface area (Å²) in [4.78, 5) is 0. The van der Waals surface area contributed by atoms with Gasteiger partial charge in [0.2, 0.25) is 0 Å². The molecule has 0 saturated heterocycles. The minimum absolute atomic E-state index is 0.458. The van der Waals surface area contributed by atoms with Crippen LogP contribution in [-0.4, -0.2) is 10.7 Å². The molecule has 0 fully saturated rings. The minimum atomic E-state index is -0.458. The van der Waals surface area contributed by atoms with Gasteiger partial charge in [-0.3, -0.25) is 0 Å². The standard InChI is InChI=1S/C5H12O/c1-4-5(2,3)6/h6H,4H2,1-3H3/i2+1,3+1. The molecular weight excluding hydrogens is 78.0 g/mol. The molecule has 0 atom stereocenters. The summed E-state index contributed by atoms with van der Waals surface area (Å²) >= 11 is 0. The molecule has 0 aromatic heterocycles. The van der Waals surface area contributed by atoms with Crippen LogP contribution in [-0.2, 0) is 0 Å². The van der Waals surface area contributed by atoms with Gasteiger partial charge in [0.25, 0.3) is 0 Å². The zero-order valence-corrected chi connectivity index (χ0v) is 4.65. The molecule has 0 amide bonds. The molecule has 0 aliphatic carbocycles. The van der Waals surface area contributed by atoms with E-state index in [1.54, 1.807) is 13.8 Å². The number of hydrogen-bond acceptors (Lipinski definition) is 1. The molecule has 1 nitrogen and oxygen atoms in total. The number of aliphatic hydroxyl groups is 1. The molecular formula is C5H12O. The van der Waals surface area contributed by atoms with Crippen molar-refractivity contribution in [1.29, 1.82) is 0 Å². The van der Waals surface area contributed by atoms with Gasteiger partial charge in [-0.25, -0.2) is 0 Å². The molecule has 38 valence electrons. The van der Waals surface area contributed by atoms with Crippen molar-refractivity contribution in [3.63, 3.8) is 0 Å². The summed E-state index contributed by atoms with van der Waals surface area (Å²) in [6.45, 7) is 5.56.